The molecule has 2 aromatic carbocycles. The van der Waals surface area contributed by atoms with Gasteiger partial charge in [-0.3, -0.25) is 4.98 Å². The first-order chi connectivity index (χ1) is 12.2. The summed E-state index contributed by atoms with van der Waals surface area (Å²) in [5.41, 5.74) is 2.21. The molecule has 1 aromatic heterocycles. The van der Waals surface area contributed by atoms with E-state index in [0.29, 0.717) is 11.3 Å². The van der Waals surface area contributed by atoms with Gasteiger partial charge in [0.2, 0.25) is 0 Å². The lowest BCUT2D eigenvalue weighted by Gasteiger charge is -2.35. The third-order valence-corrected chi connectivity index (χ3v) is 4.98. The van der Waals surface area contributed by atoms with E-state index in [4.69, 9.17) is 0 Å². The Morgan fingerprint density at radius 1 is 0.731 bits per heavy atom. The minimum atomic E-state index is -4.27. The minimum Gasteiger partial charge on any atom is -0.256 e. The third kappa shape index (κ3) is 2.19. The van der Waals surface area contributed by atoms with Crippen molar-refractivity contribution in [2.45, 2.75) is 25.7 Å². The number of nitrogens with zero attached hydrogens (tertiary/aromatic N) is 1. The van der Waals surface area contributed by atoms with E-state index in [-0.39, 0.29) is 11.1 Å². The van der Waals surface area contributed by atoms with Gasteiger partial charge in [-0.05, 0) is 48.2 Å². The van der Waals surface area contributed by atoms with Crippen molar-refractivity contribution >= 4 is 0 Å². The SMILES string of the molecule is Cc1cnc(-c2ccc3c(c2)-c2ccccc2C(F)(F)C3(F)F)cc1C. The van der Waals surface area contributed by atoms with Crippen LogP contribution in [0.3, 0.4) is 0 Å². The molecule has 0 bridgehead atoms. The van der Waals surface area contributed by atoms with E-state index in [1.165, 1.54) is 24.3 Å². The molecule has 1 aliphatic carbocycles. The number of aryl methyl sites for hydroxylation is 2. The molecule has 0 fully saturated rings. The molecule has 1 aliphatic rings. The predicted octanol–water partition coefficient (Wildman–Crippen LogP) is 6.23. The summed E-state index contributed by atoms with van der Waals surface area (Å²) in [4.78, 5) is 4.34. The summed E-state index contributed by atoms with van der Waals surface area (Å²) >= 11 is 0. The van der Waals surface area contributed by atoms with Crippen LogP contribution in [0, 0.1) is 13.8 Å². The molecule has 0 spiro atoms. The smallest absolute Gasteiger partial charge is 0.256 e. The van der Waals surface area contributed by atoms with Crippen LogP contribution in [0.25, 0.3) is 22.4 Å². The molecule has 1 heterocycles. The maximum atomic E-state index is 14.5. The largest absolute Gasteiger partial charge is 0.340 e. The first-order valence-corrected chi connectivity index (χ1v) is 8.17. The number of halogens is 4. The van der Waals surface area contributed by atoms with Crippen molar-refractivity contribution in [2.75, 3.05) is 0 Å². The molecule has 0 saturated heterocycles. The zero-order chi connectivity index (χ0) is 18.7. The van der Waals surface area contributed by atoms with Crippen LogP contribution in [0.15, 0.2) is 54.7 Å². The van der Waals surface area contributed by atoms with Crippen LogP contribution in [0.1, 0.15) is 22.3 Å². The number of hydrogen-bond acceptors (Lipinski definition) is 1. The molecule has 3 aromatic rings. The molecule has 0 amide bonds. The molecule has 132 valence electrons. The summed E-state index contributed by atoms with van der Waals surface area (Å²) in [5.74, 6) is -8.53. The average molecular weight is 357 g/mol. The average Bonchev–Trinajstić information content (AvgIpc) is 2.62. The molecular formula is C21H15F4N. The van der Waals surface area contributed by atoms with Crippen LogP contribution in [0.2, 0.25) is 0 Å². The fraction of sp³-hybridized carbons (Fsp3) is 0.190. The number of fused-ring (bicyclic) bond motifs is 3. The summed E-state index contributed by atoms with van der Waals surface area (Å²) in [6, 6.07) is 11.3. The van der Waals surface area contributed by atoms with Gasteiger partial charge in [0.25, 0.3) is 0 Å². The molecule has 0 radical (unpaired) electrons. The van der Waals surface area contributed by atoms with E-state index in [1.54, 1.807) is 12.3 Å². The van der Waals surface area contributed by atoms with Gasteiger partial charge in [0.05, 0.1) is 5.69 Å². The lowest BCUT2D eigenvalue weighted by Crippen LogP contribution is -2.39. The van der Waals surface area contributed by atoms with Gasteiger partial charge < -0.3 is 0 Å². The van der Waals surface area contributed by atoms with Crippen LogP contribution in [0.4, 0.5) is 17.6 Å². The van der Waals surface area contributed by atoms with E-state index in [9.17, 15) is 17.6 Å². The molecule has 1 nitrogen and oxygen atoms in total. The Morgan fingerprint density at radius 3 is 2.08 bits per heavy atom. The Bertz CT molecular complexity index is 1020. The molecule has 4 rings (SSSR count). The van der Waals surface area contributed by atoms with Gasteiger partial charge in [0, 0.05) is 22.9 Å². The first-order valence-electron chi connectivity index (χ1n) is 8.17. The predicted molar refractivity (Wildman–Crippen MR) is 92.4 cm³/mol. The van der Waals surface area contributed by atoms with E-state index in [0.717, 1.165) is 23.3 Å². The van der Waals surface area contributed by atoms with Gasteiger partial charge in [0.15, 0.2) is 0 Å². The number of alkyl halides is 4. The van der Waals surface area contributed by atoms with E-state index < -0.39 is 23.0 Å². The second kappa shape index (κ2) is 5.40. The minimum absolute atomic E-state index is 0.119. The lowest BCUT2D eigenvalue weighted by atomic mass is 9.79. The summed E-state index contributed by atoms with van der Waals surface area (Å²) in [7, 11) is 0. The quantitative estimate of drug-likeness (QED) is 0.471. The van der Waals surface area contributed by atoms with Gasteiger partial charge in [-0.1, -0.05) is 36.4 Å². The Labute approximate surface area is 148 Å². The highest BCUT2D eigenvalue weighted by molar-refractivity contribution is 5.80. The molecule has 0 unspecified atom stereocenters. The van der Waals surface area contributed by atoms with Crippen LogP contribution in [-0.2, 0) is 11.8 Å². The van der Waals surface area contributed by atoms with Crippen LogP contribution < -0.4 is 0 Å². The standard InChI is InChI=1S/C21H15F4N/c1-12-9-19(26-11-13(12)2)14-7-8-18-16(10-14)15-5-3-4-6-17(15)20(22,23)21(18,24)25/h3-11H,1-2H3. The Hall–Kier alpha value is -2.69. The maximum Gasteiger partial charge on any atom is 0.340 e. The Morgan fingerprint density at radius 2 is 1.38 bits per heavy atom. The fourth-order valence-electron chi connectivity index (χ4n) is 3.31. The number of hydrogen-bond donors (Lipinski definition) is 0. The Kier molecular flexibility index (Phi) is 3.48. The van der Waals surface area contributed by atoms with Gasteiger partial charge >= 0.3 is 11.8 Å². The number of benzene rings is 2. The number of rotatable bonds is 1. The third-order valence-electron chi connectivity index (χ3n) is 4.98. The van der Waals surface area contributed by atoms with Crippen molar-refractivity contribution in [3.8, 4) is 22.4 Å². The van der Waals surface area contributed by atoms with E-state index in [1.807, 2.05) is 19.9 Å². The maximum absolute atomic E-state index is 14.5. The molecule has 5 heteroatoms. The van der Waals surface area contributed by atoms with Gasteiger partial charge in [-0.25, -0.2) is 0 Å². The normalized spacial score (nSPS) is 16.7. The van der Waals surface area contributed by atoms with Gasteiger partial charge in [-0.2, -0.15) is 17.6 Å². The molecular weight excluding hydrogens is 342 g/mol. The highest BCUT2D eigenvalue weighted by atomic mass is 19.3. The van der Waals surface area contributed by atoms with Crippen molar-refractivity contribution in [3.05, 3.63) is 77.0 Å². The van der Waals surface area contributed by atoms with Crippen LogP contribution >= 0.6 is 0 Å². The van der Waals surface area contributed by atoms with Gasteiger partial charge in [-0.15, -0.1) is 0 Å². The molecule has 0 atom stereocenters. The molecule has 0 saturated carbocycles. The second-order valence-electron chi connectivity index (χ2n) is 6.61. The zero-order valence-corrected chi connectivity index (χ0v) is 14.2. The van der Waals surface area contributed by atoms with Gasteiger partial charge in [0.1, 0.15) is 0 Å². The fourth-order valence-corrected chi connectivity index (χ4v) is 3.31. The first kappa shape index (κ1) is 16.8. The number of aromatic nitrogens is 1. The number of pyridine rings is 1. The summed E-state index contributed by atoms with van der Waals surface area (Å²) in [5, 5.41) is 0. The zero-order valence-electron chi connectivity index (χ0n) is 14.2. The van der Waals surface area contributed by atoms with Crippen LogP contribution in [0.5, 0.6) is 0 Å². The highest BCUT2D eigenvalue weighted by Crippen LogP contribution is 2.58. The van der Waals surface area contributed by atoms with Crippen LogP contribution in [-0.4, -0.2) is 4.98 Å². The molecule has 0 N–H and O–H groups in total. The molecule has 0 aliphatic heterocycles. The van der Waals surface area contributed by atoms with E-state index in [2.05, 4.69) is 4.98 Å². The lowest BCUT2D eigenvalue weighted by molar-refractivity contribution is -0.225. The highest BCUT2D eigenvalue weighted by Gasteiger charge is 2.62. The van der Waals surface area contributed by atoms with Crippen molar-refractivity contribution < 1.29 is 17.6 Å². The van der Waals surface area contributed by atoms with Crippen molar-refractivity contribution in [1.82, 2.24) is 4.98 Å². The second-order valence-corrected chi connectivity index (χ2v) is 6.61. The summed E-state index contributed by atoms with van der Waals surface area (Å²) in [6.07, 6.45) is 1.71. The summed E-state index contributed by atoms with van der Waals surface area (Å²) in [6.45, 7) is 3.86. The summed E-state index contributed by atoms with van der Waals surface area (Å²) < 4.78 is 57.9. The topological polar surface area (TPSA) is 12.9 Å². The monoisotopic (exact) mass is 357 g/mol. The van der Waals surface area contributed by atoms with Crippen molar-refractivity contribution in [3.63, 3.8) is 0 Å². The van der Waals surface area contributed by atoms with E-state index >= 15 is 0 Å². The Balaban J connectivity index is 1.97. The van der Waals surface area contributed by atoms with Crippen molar-refractivity contribution in [1.29, 1.82) is 0 Å². The van der Waals surface area contributed by atoms with Crippen molar-refractivity contribution in [2.24, 2.45) is 0 Å². The molecule has 26 heavy (non-hydrogen) atoms.